The first-order valence-electron chi connectivity index (χ1n) is 3.63. The van der Waals surface area contributed by atoms with Crippen molar-refractivity contribution >= 4 is 27.7 Å². The molecule has 0 fully saturated rings. The van der Waals surface area contributed by atoms with E-state index in [4.69, 9.17) is 5.11 Å². The molecule has 68 valence electrons. The molecule has 1 N–H and O–H groups in total. The first kappa shape index (κ1) is 11.8. The molecule has 0 aromatic carbocycles. The first-order chi connectivity index (χ1) is 5.16. The Morgan fingerprint density at radius 2 is 2.18 bits per heavy atom. The number of alkyl halides is 1. The second-order valence-corrected chi connectivity index (χ2v) is 4.48. The number of halogens is 1. The Balaban J connectivity index is 3.01. The van der Waals surface area contributed by atoms with E-state index in [1.165, 1.54) is 0 Å². The summed E-state index contributed by atoms with van der Waals surface area (Å²) in [5.41, 5.74) is 0. The van der Waals surface area contributed by atoms with E-state index >= 15 is 0 Å². The van der Waals surface area contributed by atoms with Crippen LogP contribution < -0.4 is 0 Å². The van der Waals surface area contributed by atoms with Gasteiger partial charge in [0, 0.05) is 23.4 Å². The van der Waals surface area contributed by atoms with Crippen LogP contribution in [0.1, 0.15) is 0 Å². The molecular weight excluding hydrogens is 226 g/mol. The molecule has 1 atom stereocenters. The lowest BCUT2D eigenvalue weighted by Gasteiger charge is -2.10. The lowest BCUT2D eigenvalue weighted by molar-refractivity contribution is 0.226. The summed E-state index contributed by atoms with van der Waals surface area (Å²) in [6.07, 6.45) is -0.192. The van der Waals surface area contributed by atoms with E-state index < -0.39 is 0 Å². The zero-order valence-corrected chi connectivity index (χ0v) is 9.49. The van der Waals surface area contributed by atoms with Crippen LogP contribution in [0.5, 0.6) is 0 Å². The highest BCUT2D eigenvalue weighted by Crippen LogP contribution is 2.04. The Morgan fingerprint density at radius 3 is 2.64 bits per heavy atom. The summed E-state index contributed by atoms with van der Waals surface area (Å²) in [4.78, 5) is 2.15. The summed E-state index contributed by atoms with van der Waals surface area (Å²) in [5.74, 6) is 1.93. The molecule has 0 rings (SSSR count). The van der Waals surface area contributed by atoms with Crippen molar-refractivity contribution in [2.75, 3.05) is 37.5 Å². The molecule has 1 unspecified atom stereocenters. The van der Waals surface area contributed by atoms with E-state index in [2.05, 4.69) is 34.9 Å². The molecule has 0 aliphatic rings. The maximum absolute atomic E-state index is 9.14. The normalized spacial score (nSPS) is 13.9. The van der Waals surface area contributed by atoms with E-state index in [9.17, 15) is 0 Å². The van der Waals surface area contributed by atoms with Crippen molar-refractivity contribution in [1.29, 1.82) is 0 Å². The maximum atomic E-state index is 9.14. The third-order valence-corrected chi connectivity index (χ3v) is 3.01. The van der Waals surface area contributed by atoms with Gasteiger partial charge in [-0.2, -0.15) is 11.8 Å². The molecule has 0 saturated heterocycles. The van der Waals surface area contributed by atoms with E-state index in [1.54, 1.807) is 11.8 Å². The average molecular weight is 242 g/mol. The van der Waals surface area contributed by atoms with Crippen molar-refractivity contribution in [1.82, 2.24) is 4.90 Å². The van der Waals surface area contributed by atoms with Gasteiger partial charge in [0.05, 0.1) is 6.10 Å². The van der Waals surface area contributed by atoms with Crippen LogP contribution >= 0.6 is 27.7 Å². The third-order valence-electron chi connectivity index (χ3n) is 1.17. The number of aliphatic hydroxyl groups excluding tert-OH is 1. The predicted octanol–water partition coefficient (Wildman–Crippen LogP) is 1.04. The van der Waals surface area contributed by atoms with Crippen molar-refractivity contribution in [3.05, 3.63) is 0 Å². The molecule has 11 heavy (non-hydrogen) atoms. The van der Waals surface area contributed by atoms with Crippen LogP contribution in [0.3, 0.4) is 0 Å². The Hall–Kier alpha value is 0.750. The van der Waals surface area contributed by atoms with Crippen LogP contribution in [-0.4, -0.2) is 53.6 Å². The molecule has 0 spiro atoms. The number of rotatable bonds is 6. The summed E-state index contributed by atoms with van der Waals surface area (Å²) < 4.78 is 0. The van der Waals surface area contributed by atoms with Crippen LogP contribution in [0.2, 0.25) is 0 Å². The van der Waals surface area contributed by atoms with Crippen LogP contribution in [-0.2, 0) is 0 Å². The van der Waals surface area contributed by atoms with E-state index in [-0.39, 0.29) is 6.10 Å². The Morgan fingerprint density at radius 1 is 1.55 bits per heavy atom. The van der Waals surface area contributed by atoms with Gasteiger partial charge in [-0.3, -0.25) is 0 Å². The highest BCUT2D eigenvalue weighted by molar-refractivity contribution is 9.09. The fraction of sp³-hybridized carbons (Fsp3) is 1.00. The fourth-order valence-corrected chi connectivity index (χ4v) is 2.09. The van der Waals surface area contributed by atoms with Gasteiger partial charge in [-0.25, -0.2) is 0 Å². The quantitative estimate of drug-likeness (QED) is 0.556. The zero-order chi connectivity index (χ0) is 8.69. The summed E-state index contributed by atoms with van der Waals surface area (Å²) >= 11 is 5.01. The molecule has 0 bridgehead atoms. The second kappa shape index (κ2) is 7.40. The van der Waals surface area contributed by atoms with Crippen molar-refractivity contribution in [3.63, 3.8) is 0 Å². The van der Waals surface area contributed by atoms with Gasteiger partial charge >= 0.3 is 0 Å². The Labute approximate surface area is 81.5 Å². The molecule has 0 aliphatic heterocycles. The fourth-order valence-electron chi connectivity index (χ4n) is 0.511. The molecule has 0 aromatic heterocycles. The van der Waals surface area contributed by atoms with Gasteiger partial charge in [-0.05, 0) is 14.1 Å². The minimum Gasteiger partial charge on any atom is -0.391 e. The number of hydrogen-bond acceptors (Lipinski definition) is 3. The van der Waals surface area contributed by atoms with Crippen molar-refractivity contribution in [2.45, 2.75) is 6.10 Å². The van der Waals surface area contributed by atoms with E-state index in [1.807, 2.05) is 0 Å². The van der Waals surface area contributed by atoms with Gasteiger partial charge in [0.25, 0.3) is 0 Å². The van der Waals surface area contributed by atoms with Crippen LogP contribution in [0, 0.1) is 0 Å². The lowest BCUT2D eigenvalue weighted by atomic mass is 10.5. The van der Waals surface area contributed by atoms with Gasteiger partial charge in [0.1, 0.15) is 0 Å². The molecule has 0 amide bonds. The van der Waals surface area contributed by atoms with Crippen LogP contribution in [0.25, 0.3) is 0 Å². The van der Waals surface area contributed by atoms with Gasteiger partial charge in [0.15, 0.2) is 0 Å². The zero-order valence-electron chi connectivity index (χ0n) is 7.09. The number of thioether (sulfide) groups is 1. The molecule has 0 saturated carbocycles. The first-order valence-corrected chi connectivity index (χ1v) is 5.91. The van der Waals surface area contributed by atoms with E-state index in [0.717, 1.165) is 18.1 Å². The predicted molar refractivity (Wildman–Crippen MR) is 55.7 cm³/mol. The van der Waals surface area contributed by atoms with E-state index in [0.29, 0.717) is 5.33 Å². The molecule has 2 nitrogen and oxygen atoms in total. The van der Waals surface area contributed by atoms with Gasteiger partial charge < -0.3 is 10.0 Å². The Kier molecular flexibility index (Phi) is 7.91. The summed E-state index contributed by atoms with van der Waals surface area (Å²) in [6, 6.07) is 0. The van der Waals surface area contributed by atoms with Crippen molar-refractivity contribution < 1.29 is 5.11 Å². The topological polar surface area (TPSA) is 23.5 Å². The lowest BCUT2D eigenvalue weighted by Crippen LogP contribution is -2.17. The molecule has 4 heteroatoms. The van der Waals surface area contributed by atoms with Crippen molar-refractivity contribution in [3.8, 4) is 0 Å². The third kappa shape index (κ3) is 8.66. The molecule has 0 aromatic rings. The average Bonchev–Trinajstić information content (AvgIpc) is 1.97. The highest BCUT2D eigenvalue weighted by Gasteiger charge is 2.00. The summed E-state index contributed by atoms with van der Waals surface area (Å²) in [5, 5.41) is 9.82. The van der Waals surface area contributed by atoms with Crippen LogP contribution in [0.15, 0.2) is 0 Å². The Bertz CT molecular complexity index is 92.5. The molecular formula is C7H16BrNOS. The highest BCUT2D eigenvalue weighted by atomic mass is 79.9. The number of hydrogen-bond donors (Lipinski definition) is 1. The minimum atomic E-state index is -0.192. The van der Waals surface area contributed by atoms with Crippen LogP contribution in [0.4, 0.5) is 0 Å². The summed E-state index contributed by atoms with van der Waals surface area (Å²) in [7, 11) is 4.11. The minimum absolute atomic E-state index is 0.192. The number of aliphatic hydroxyl groups is 1. The van der Waals surface area contributed by atoms with Gasteiger partial charge in [-0.1, -0.05) is 15.9 Å². The van der Waals surface area contributed by atoms with Crippen molar-refractivity contribution in [2.24, 2.45) is 0 Å². The molecule has 0 radical (unpaired) electrons. The maximum Gasteiger partial charge on any atom is 0.0727 e. The smallest absolute Gasteiger partial charge is 0.0727 e. The monoisotopic (exact) mass is 241 g/mol. The molecule has 0 aliphatic carbocycles. The largest absolute Gasteiger partial charge is 0.391 e. The second-order valence-electron chi connectivity index (χ2n) is 2.69. The molecule has 0 heterocycles. The SMILES string of the molecule is CN(C)CCSCC(O)CBr. The summed E-state index contributed by atoms with van der Waals surface area (Å²) in [6.45, 7) is 1.08. The standard InChI is InChI=1S/C7H16BrNOS/c1-9(2)3-4-11-6-7(10)5-8/h7,10H,3-6H2,1-2H3. The van der Waals surface area contributed by atoms with Gasteiger partial charge in [0.2, 0.25) is 0 Å². The number of nitrogens with zero attached hydrogens (tertiary/aromatic N) is 1. The van der Waals surface area contributed by atoms with Gasteiger partial charge in [-0.15, -0.1) is 0 Å².